The smallest absolute Gasteiger partial charge is 0.240 e. The van der Waals surface area contributed by atoms with E-state index in [9.17, 15) is 4.79 Å². The molecular weight excluding hydrogens is 260 g/mol. The van der Waals surface area contributed by atoms with Gasteiger partial charge in [0.1, 0.15) is 0 Å². The highest BCUT2D eigenvalue weighted by Crippen LogP contribution is 2.25. The highest BCUT2D eigenvalue weighted by molar-refractivity contribution is 8.00. The van der Waals surface area contributed by atoms with Crippen molar-refractivity contribution in [2.75, 3.05) is 12.3 Å². The largest absolute Gasteiger partial charge is 0.347 e. The van der Waals surface area contributed by atoms with E-state index in [-0.39, 0.29) is 11.9 Å². The molecule has 3 rings (SSSR count). The Balaban J connectivity index is 1.71. The van der Waals surface area contributed by atoms with Crippen molar-refractivity contribution in [3.63, 3.8) is 0 Å². The van der Waals surface area contributed by atoms with Crippen LogP contribution in [-0.2, 0) is 17.8 Å². The number of hydrogen-bond acceptors (Lipinski definition) is 4. The normalized spacial score (nSPS) is 31.1. The van der Waals surface area contributed by atoms with Gasteiger partial charge in [0.15, 0.2) is 0 Å². The lowest BCUT2D eigenvalue weighted by atomic mass is 10.0. The van der Waals surface area contributed by atoms with E-state index >= 15 is 0 Å². The second-order valence-electron chi connectivity index (χ2n) is 5.31. The van der Waals surface area contributed by atoms with Crippen LogP contribution in [-0.4, -0.2) is 50.4 Å². The molecule has 1 fully saturated rings. The van der Waals surface area contributed by atoms with Gasteiger partial charge in [0, 0.05) is 36.6 Å². The monoisotopic (exact) mass is 280 g/mol. The highest BCUT2D eigenvalue weighted by Gasteiger charge is 2.34. The molecule has 1 amide bonds. The topological polar surface area (TPSA) is 61.0 Å². The third-order valence-electron chi connectivity index (χ3n) is 4.20. The lowest BCUT2D eigenvalue weighted by Crippen LogP contribution is -2.56. The van der Waals surface area contributed by atoms with Crippen LogP contribution >= 0.6 is 11.8 Å². The Bertz CT molecular complexity index is 475. The fraction of sp³-hybridized carbons (Fsp3) is 0.692. The first-order valence-electron chi connectivity index (χ1n) is 6.83. The van der Waals surface area contributed by atoms with Gasteiger partial charge in [0.2, 0.25) is 5.91 Å². The average molecular weight is 280 g/mol. The number of rotatable bonds is 1. The molecule has 3 heterocycles. The van der Waals surface area contributed by atoms with Crippen molar-refractivity contribution in [1.29, 1.82) is 0 Å². The quantitative estimate of drug-likeness (QED) is 0.798. The number of imidazole rings is 1. The molecule has 2 N–H and O–H groups in total. The zero-order chi connectivity index (χ0) is 13.4. The van der Waals surface area contributed by atoms with Gasteiger partial charge in [-0.3, -0.25) is 10.1 Å². The molecule has 2 aliphatic rings. The van der Waals surface area contributed by atoms with Crippen molar-refractivity contribution >= 4 is 17.7 Å². The van der Waals surface area contributed by atoms with Gasteiger partial charge < -0.3 is 9.88 Å². The molecule has 0 bridgehead atoms. The maximum Gasteiger partial charge on any atom is 0.240 e. The molecule has 0 radical (unpaired) electrons. The van der Waals surface area contributed by atoms with E-state index < -0.39 is 0 Å². The standard InChI is InChI=1S/C13H20N4OS/c1-8-9(2)19-4-3-17(8)13(18)11-5-10-12(6-14-11)16-7-15-10/h7-9,11,14H,3-6H2,1-2H3,(H,15,16). The number of carbonyl (C=O) groups is 1. The molecule has 104 valence electrons. The average Bonchev–Trinajstić information content (AvgIpc) is 2.88. The van der Waals surface area contributed by atoms with Gasteiger partial charge in [0.25, 0.3) is 0 Å². The Hall–Kier alpha value is -1.01. The van der Waals surface area contributed by atoms with E-state index in [2.05, 4.69) is 29.1 Å². The molecule has 5 nitrogen and oxygen atoms in total. The fourth-order valence-electron chi connectivity index (χ4n) is 2.79. The van der Waals surface area contributed by atoms with Gasteiger partial charge in [-0.05, 0) is 6.92 Å². The summed E-state index contributed by atoms with van der Waals surface area (Å²) in [4.78, 5) is 22.1. The van der Waals surface area contributed by atoms with E-state index in [0.29, 0.717) is 24.3 Å². The minimum atomic E-state index is -0.117. The van der Waals surface area contributed by atoms with E-state index in [0.717, 1.165) is 23.7 Å². The van der Waals surface area contributed by atoms with Gasteiger partial charge >= 0.3 is 0 Å². The molecule has 6 heteroatoms. The molecular formula is C13H20N4OS. The van der Waals surface area contributed by atoms with Gasteiger partial charge in [-0.15, -0.1) is 0 Å². The number of nitrogens with zero attached hydrogens (tertiary/aromatic N) is 2. The minimum absolute atomic E-state index is 0.117. The fourth-order valence-corrected chi connectivity index (χ4v) is 3.89. The molecule has 3 unspecified atom stereocenters. The Morgan fingerprint density at radius 3 is 3.21 bits per heavy atom. The Labute approximate surface area is 117 Å². The zero-order valence-corrected chi connectivity index (χ0v) is 12.2. The summed E-state index contributed by atoms with van der Waals surface area (Å²) in [5.41, 5.74) is 2.14. The number of aromatic nitrogens is 2. The predicted octanol–water partition coefficient (Wildman–Crippen LogP) is 0.776. The molecule has 19 heavy (non-hydrogen) atoms. The number of nitrogens with one attached hydrogen (secondary N) is 2. The summed E-state index contributed by atoms with van der Waals surface area (Å²) < 4.78 is 0. The van der Waals surface area contributed by atoms with Crippen LogP contribution in [0.1, 0.15) is 25.2 Å². The number of thioether (sulfide) groups is 1. The summed E-state index contributed by atoms with van der Waals surface area (Å²) in [6.07, 6.45) is 2.41. The first-order chi connectivity index (χ1) is 9.16. The molecule has 0 spiro atoms. The van der Waals surface area contributed by atoms with Crippen molar-refractivity contribution in [3.8, 4) is 0 Å². The Morgan fingerprint density at radius 1 is 1.53 bits per heavy atom. The first-order valence-corrected chi connectivity index (χ1v) is 7.88. The summed E-state index contributed by atoms with van der Waals surface area (Å²) in [5.74, 6) is 1.27. The number of hydrogen-bond donors (Lipinski definition) is 2. The van der Waals surface area contributed by atoms with Crippen molar-refractivity contribution in [1.82, 2.24) is 20.2 Å². The molecule has 0 aliphatic carbocycles. The molecule has 0 aromatic carbocycles. The molecule has 1 aromatic heterocycles. The summed E-state index contributed by atoms with van der Waals surface area (Å²) in [6, 6.07) is 0.196. The van der Waals surface area contributed by atoms with Crippen LogP contribution in [0.3, 0.4) is 0 Å². The van der Waals surface area contributed by atoms with Gasteiger partial charge in [-0.25, -0.2) is 4.98 Å². The summed E-state index contributed by atoms with van der Waals surface area (Å²) >= 11 is 1.95. The molecule has 1 saturated heterocycles. The summed E-state index contributed by atoms with van der Waals surface area (Å²) in [7, 11) is 0. The van der Waals surface area contributed by atoms with Crippen LogP contribution < -0.4 is 5.32 Å². The van der Waals surface area contributed by atoms with Gasteiger partial charge in [-0.1, -0.05) is 6.92 Å². The van der Waals surface area contributed by atoms with Crippen molar-refractivity contribution in [3.05, 3.63) is 17.7 Å². The lowest BCUT2D eigenvalue weighted by Gasteiger charge is -2.40. The van der Waals surface area contributed by atoms with Crippen LogP contribution in [0.15, 0.2) is 6.33 Å². The zero-order valence-electron chi connectivity index (χ0n) is 11.3. The van der Waals surface area contributed by atoms with Gasteiger partial charge in [-0.2, -0.15) is 11.8 Å². The second kappa shape index (κ2) is 5.17. The number of amides is 1. The maximum atomic E-state index is 12.7. The number of fused-ring (bicyclic) bond motifs is 1. The predicted molar refractivity (Wildman–Crippen MR) is 76.0 cm³/mol. The molecule has 3 atom stereocenters. The maximum absolute atomic E-state index is 12.7. The molecule has 0 saturated carbocycles. The third-order valence-corrected chi connectivity index (χ3v) is 5.53. The van der Waals surface area contributed by atoms with Crippen molar-refractivity contribution in [2.24, 2.45) is 0 Å². The van der Waals surface area contributed by atoms with E-state index in [1.54, 1.807) is 6.33 Å². The SMILES string of the molecule is CC1SCCN(C(=O)C2Cc3nc[nH]c3CN2)C1C. The van der Waals surface area contributed by atoms with Crippen LogP contribution in [0, 0.1) is 0 Å². The number of carbonyl (C=O) groups excluding carboxylic acids is 1. The first kappa shape index (κ1) is 13.0. The van der Waals surface area contributed by atoms with Crippen molar-refractivity contribution in [2.45, 2.75) is 44.1 Å². The van der Waals surface area contributed by atoms with E-state index in [4.69, 9.17) is 0 Å². The van der Waals surface area contributed by atoms with E-state index in [1.807, 2.05) is 16.7 Å². The summed E-state index contributed by atoms with van der Waals surface area (Å²) in [5, 5.41) is 3.84. The summed E-state index contributed by atoms with van der Waals surface area (Å²) in [6.45, 7) is 5.92. The van der Waals surface area contributed by atoms with Crippen LogP contribution in [0.25, 0.3) is 0 Å². The Morgan fingerprint density at radius 2 is 2.37 bits per heavy atom. The highest BCUT2D eigenvalue weighted by atomic mass is 32.2. The number of H-pyrrole nitrogens is 1. The number of aromatic amines is 1. The lowest BCUT2D eigenvalue weighted by molar-refractivity contribution is -0.135. The second-order valence-corrected chi connectivity index (χ2v) is 6.80. The van der Waals surface area contributed by atoms with Crippen LogP contribution in [0.5, 0.6) is 0 Å². The molecule has 2 aliphatic heterocycles. The Kier molecular flexibility index (Phi) is 3.54. The van der Waals surface area contributed by atoms with Crippen molar-refractivity contribution < 1.29 is 4.79 Å². The van der Waals surface area contributed by atoms with Gasteiger partial charge in [0.05, 0.1) is 23.8 Å². The van der Waals surface area contributed by atoms with Crippen LogP contribution in [0.2, 0.25) is 0 Å². The minimum Gasteiger partial charge on any atom is -0.347 e. The third kappa shape index (κ3) is 2.39. The van der Waals surface area contributed by atoms with Crippen LogP contribution in [0.4, 0.5) is 0 Å². The van der Waals surface area contributed by atoms with E-state index in [1.165, 1.54) is 0 Å². The molecule has 1 aromatic rings.